The lowest BCUT2D eigenvalue weighted by Gasteiger charge is -2.09. The quantitative estimate of drug-likeness (QED) is 0.294. The average Bonchev–Trinajstić information content (AvgIpc) is 2.79. The van der Waals surface area contributed by atoms with Crippen molar-refractivity contribution in [2.75, 3.05) is 0 Å². The maximum Gasteiger partial charge on any atom is 0.416 e. The summed E-state index contributed by atoms with van der Waals surface area (Å²) in [5, 5.41) is 0. The Morgan fingerprint density at radius 2 is 1.32 bits per heavy atom. The minimum Gasteiger partial charge on any atom is -0.311 e. The smallest absolute Gasteiger partial charge is 0.311 e. The van der Waals surface area contributed by atoms with Crippen LogP contribution in [0.15, 0.2) is 95.8 Å². The fraction of sp³-hybridized carbons (Fsp3) is 0.0400. The molecule has 0 aliphatic heterocycles. The van der Waals surface area contributed by atoms with Gasteiger partial charge in [0.2, 0.25) is 11.2 Å². The lowest BCUT2D eigenvalue weighted by atomic mass is 10.0. The molecule has 0 amide bonds. The molecule has 2 aromatic heterocycles. The molecule has 5 aromatic rings. The number of alkyl halides is 3. The number of fused-ring (bicyclic) bond motifs is 3. The molecule has 0 radical (unpaired) electrons. The van der Waals surface area contributed by atoms with E-state index in [4.69, 9.17) is 0 Å². The number of nitrogens with one attached hydrogen (secondary N) is 1. The molecule has 3 aromatic carbocycles. The zero-order chi connectivity index (χ0) is 21.6. The van der Waals surface area contributed by atoms with Crippen molar-refractivity contribution in [3.63, 3.8) is 0 Å². The number of H-pyrrole nitrogens is 1. The van der Waals surface area contributed by atoms with Crippen LogP contribution < -0.4 is 9.96 Å². The predicted octanol–water partition coefficient (Wildman–Crippen LogP) is 5.62. The highest BCUT2D eigenvalue weighted by Crippen LogP contribution is 2.31. The molecule has 0 spiro atoms. The number of halogens is 3. The largest absolute Gasteiger partial charge is 0.416 e. The zero-order valence-corrected chi connectivity index (χ0v) is 16.1. The third-order valence-corrected chi connectivity index (χ3v) is 5.29. The second-order valence-electron chi connectivity index (χ2n) is 7.27. The lowest BCUT2D eigenvalue weighted by molar-refractivity contribution is -0.470. The molecule has 0 saturated carbocycles. The van der Waals surface area contributed by atoms with Gasteiger partial charge in [0, 0.05) is 23.8 Å². The third-order valence-electron chi connectivity index (χ3n) is 5.29. The second-order valence-corrected chi connectivity index (χ2v) is 7.27. The first-order valence-electron chi connectivity index (χ1n) is 9.66. The number of hydrogen-bond donors (Lipinski definition) is 1. The first-order valence-corrected chi connectivity index (χ1v) is 9.66. The molecule has 31 heavy (non-hydrogen) atoms. The van der Waals surface area contributed by atoms with E-state index in [0.29, 0.717) is 11.2 Å². The molecule has 0 aliphatic rings. The van der Waals surface area contributed by atoms with Gasteiger partial charge in [0.25, 0.3) is 5.52 Å². The molecule has 0 aliphatic carbocycles. The van der Waals surface area contributed by atoms with Crippen molar-refractivity contribution in [1.29, 1.82) is 0 Å². The van der Waals surface area contributed by atoms with Crippen molar-refractivity contribution < 1.29 is 17.6 Å². The first kappa shape index (κ1) is 19.1. The molecular weight excluding hydrogens is 401 g/mol. The van der Waals surface area contributed by atoms with Crippen molar-refractivity contribution in [1.82, 2.24) is 4.98 Å². The molecule has 3 nitrogen and oxygen atoms in total. The van der Waals surface area contributed by atoms with E-state index in [0.717, 1.165) is 28.8 Å². The van der Waals surface area contributed by atoms with Crippen LogP contribution in [0.1, 0.15) is 5.56 Å². The Bertz CT molecular complexity index is 1470. The summed E-state index contributed by atoms with van der Waals surface area (Å²) in [6, 6.07) is 25.8. The van der Waals surface area contributed by atoms with Gasteiger partial charge in [-0.3, -0.25) is 4.79 Å². The molecule has 0 fully saturated rings. The standard InChI is InChI=1S/C25H15F3N2O/c26-25(27,28)19-11-12-20-22(15-19)30-21(17-9-5-2-6-10-17)13-18(14-23(30)24(31)29-20)16-7-3-1-4-8-16/h1-15H/p+1. The molecule has 5 rings (SSSR count). The molecule has 1 N–H and O–H groups in total. The summed E-state index contributed by atoms with van der Waals surface area (Å²) in [6.45, 7) is 0. The third kappa shape index (κ3) is 3.36. The van der Waals surface area contributed by atoms with E-state index in [-0.39, 0.29) is 16.6 Å². The Morgan fingerprint density at radius 3 is 1.97 bits per heavy atom. The molecule has 0 unspecified atom stereocenters. The van der Waals surface area contributed by atoms with E-state index in [1.54, 1.807) is 10.5 Å². The van der Waals surface area contributed by atoms with Crippen molar-refractivity contribution in [2.45, 2.75) is 6.18 Å². The number of rotatable bonds is 2. The van der Waals surface area contributed by atoms with Gasteiger partial charge in [-0.15, -0.1) is 4.40 Å². The monoisotopic (exact) mass is 417 g/mol. The zero-order valence-electron chi connectivity index (χ0n) is 16.1. The number of aromatic nitrogens is 2. The molecule has 2 heterocycles. The topological polar surface area (TPSA) is 37.0 Å². The van der Waals surface area contributed by atoms with E-state index < -0.39 is 11.7 Å². The number of aromatic amines is 1. The van der Waals surface area contributed by atoms with Crippen molar-refractivity contribution in [3.05, 3.63) is 107 Å². The van der Waals surface area contributed by atoms with E-state index >= 15 is 0 Å². The van der Waals surface area contributed by atoms with Crippen molar-refractivity contribution in [2.24, 2.45) is 0 Å². The van der Waals surface area contributed by atoms with Crippen molar-refractivity contribution in [3.8, 4) is 22.4 Å². The Balaban J connectivity index is 1.96. The van der Waals surface area contributed by atoms with E-state index in [2.05, 4.69) is 4.98 Å². The van der Waals surface area contributed by atoms with Gasteiger partial charge in [-0.25, -0.2) is 0 Å². The van der Waals surface area contributed by atoms with Gasteiger partial charge in [0.1, 0.15) is 5.52 Å². The maximum absolute atomic E-state index is 13.4. The Hall–Kier alpha value is -3.93. The predicted molar refractivity (Wildman–Crippen MR) is 114 cm³/mol. The van der Waals surface area contributed by atoms with Crippen LogP contribution in [-0.2, 0) is 6.18 Å². The van der Waals surface area contributed by atoms with E-state index in [1.165, 1.54) is 6.07 Å². The van der Waals surface area contributed by atoms with Gasteiger partial charge in [-0.05, 0) is 35.4 Å². The average molecular weight is 417 g/mol. The van der Waals surface area contributed by atoms with Gasteiger partial charge in [-0.2, -0.15) is 13.2 Å². The summed E-state index contributed by atoms with van der Waals surface area (Å²) in [5.41, 5.74) is 2.87. The van der Waals surface area contributed by atoms with E-state index in [1.807, 2.05) is 66.7 Å². The molecule has 0 saturated heterocycles. The summed E-state index contributed by atoms with van der Waals surface area (Å²) in [7, 11) is 0. The summed E-state index contributed by atoms with van der Waals surface area (Å²) in [5.74, 6) is 0. The Labute approximate surface area is 175 Å². The highest BCUT2D eigenvalue weighted by molar-refractivity contribution is 5.78. The van der Waals surface area contributed by atoms with Gasteiger partial charge >= 0.3 is 11.7 Å². The van der Waals surface area contributed by atoms with Crippen LogP contribution in [0.3, 0.4) is 0 Å². The van der Waals surface area contributed by atoms with Gasteiger partial charge in [0.15, 0.2) is 0 Å². The van der Waals surface area contributed by atoms with E-state index in [9.17, 15) is 18.0 Å². The highest BCUT2D eigenvalue weighted by Gasteiger charge is 2.32. The fourth-order valence-electron chi connectivity index (χ4n) is 3.83. The molecule has 6 heteroatoms. The maximum atomic E-state index is 13.4. The normalized spacial score (nSPS) is 11.8. The van der Waals surface area contributed by atoms with Gasteiger partial charge < -0.3 is 4.98 Å². The summed E-state index contributed by atoms with van der Waals surface area (Å²) in [6.07, 6.45) is -4.49. The molecule has 152 valence electrons. The van der Waals surface area contributed by atoms with Gasteiger partial charge in [0.05, 0.1) is 5.56 Å². The number of nitrogens with zero attached hydrogens (tertiary/aromatic N) is 1. The van der Waals surface area contributed by atoms with Crippen molar-refractivity contribution >= 4 is 16.6 Å². The Morgan fingerprint density at radius 1 is 0.677 bits per heavy atom. The highest BCUT2D eigenvalue weighted by atomic mass is 19.4. The molecule has 0 atom stereocenters. The first-order chi connectivity index (χ1) is 14.9. The SMILES string of the molecule is O=c1[nH]c2ccc(C(F)(F)F)cc2[n+]2c(-c3ccccc3)cc(-c3ccccc3)cc12. The van der Waals surface area contributed by atoms with Crippen LogP contribution in [0.25, 0.3) is 38.9 Å². The van der Waals surface area contributed by atoms with Crippen LogP contribution in [0.2, 0.25) is 0 Å². The fourth-order valence-corrected chi connectivity index (χ4v) is 3.83. The van der Waals surface area contributed by atoms with Crippen LogP contribution in [-0.4, -0.2) is 4.98 Å². The number of benzene rings is 3. The minimum atomic E-state index is -4.49. The summed E-state index contributed by atoms with van der Waals surface area (Å²) in [4.78, 5) is 15.7. The molecule has 0 bridgehead atoms. The van der Waals surface area contributed by atoms with Crippen LogP contribution >= 0.6 is 0 Å². The lowest BCUT2D eigenvalue weighted by Crippen LogP contribution is -2.33. The number of pyridine rings is 1. The van der Waals surface area contributed by atoms with Crippen LogP contribution in [0.4, 0.5) is 13.2 Å². The summed E-state index contributed by atoms with van der Waals surface area (Å²) >= 11 is 0. The summed E-state index contributed by atoms with van der Waals surface area (Å²) < 4.78 is 41.9. The number of hydrogen-bond acceptors (Lipinski definition) is 1. The van der Waals surface area contributed by atoms with Crippen LogP contribution in [0, 0.1) is 0 Å². The Kier molecular flexibility index (Phi) is 4.36. The molecular formula is C25H16F3N2O+. The van der Waals surface area contributed by atoms with Crippen LogP contribution in [0.5, 0.6) is 0 Å². The van der Waals surface area contributed by atoms with Gasteiger partial charge in [-0.1, -0.05) is 48.5 Å². The minimum absolute atomic E-state index is 0.270. The second kappa shape index (κ2) is 7.09.